The van der Waals surface area contributed by atoms with Crippen molar-refractivity contribution < 1.29 is 22.0 Å². The average molecular weight is 517 g/mol. The molecule has 0 atom stereocenters. The van der Waals surface area contributed by atoms with E-state index in [-0.39, 0.29) is 29.4 Å². The van der Waals surface area contributed by atoms with E-state index in [0.717, 1.165) is 44.2 Å². The van der Waals surface area contributed by atoms with Gasteiger partial charge < -0.3 is 0 Å². The topological polar surface area (TPSA) is 60.7 Å². The Hall–Kier alpha value is -3.69. The number of hydrogen-bond acceptors (Lipinski definition) is 4. The summed E-state index contributed by atoms with van der Waals surface area (Å²) in [5.74, 6) is -0.976. The summed E-state index contributed by atoms with van der Waals surface area (Å²) in [5.41, 5.74) is 0.654. The van der Waals surface area contributed by atoms with Crippen molar-refractivity contribution in [3.8, 4) is 0 Å². The van der Waals surface area contributed by atoms with Crippen molar-refractivity contribution in [3.05, 3.63) is 99.4 Å². The first-order valence-electron chi connectivity index (χ1n) is 11.9. The smallest absolute Gasteiger partial charge is 0.285 e. The fraction of sp³-hybridized carbons (Fsp3) is 0.333. The Morgan fingerprint density at radius 2 is 1.68 bits per heavy atom. The Bertz CT molecular complexity index is 1430. The number of hydrogen-bond donors (Lipinski definition) is 0. The van der Waals surface area contributed by atoms with Gasteiger partial charge in [-0.3, -0.25) is 19.3 Å². The van der Waals surface area contributed by atoms with Gasteiger partial charge in [0.1, 0.15) is 17.2 Å². The highest BCUT2D eigenvalue weighted by molar-refractivity contribution is 5.71. The van der Waals surface area contributed by atoms with Gasteiger partial charge in [-0.25, -0.2) is 13.8 Å². The summed E-state index contributed by atoms with van der Waals surface area (Å²) in [5, 5.41) is 0. The lowest BCUT2D eigenvalue weighted by Crippen LogP contribution is -2.29. The van der Waals surface area contributed by atoms with Crippen LogP contribution in [0, 0.1) is 18.6 Å². The van der Waals surface area contributed by atoms with E-state index >= 15 is 0 Å². The quantitative estimate of drug-likeness (QED) is 0.289. The molecule has 37 heavy (non-hydrogen) atoms. The first-order chi connectivity index (χ1) is 17.6. The van der Waals surface area contributed by atoms with Crippen LogP contribution in [0.25, 0.3) is 11.2 Å². The zero-order chi connectivity index (χ0) is 26.6. The number of alkyl halides is 3. The summed E-state index contributed by atoms with van der Waals surface area (Å²) in [6.07, 6.45) is 3.38. The fourth-order valence-electron chi connectivity index (χ4n) is 4.52. The number of aromatic nitrogens is 4. The van der Waals surface area contributed by atoms with Crippen LogP contribution >= 0.6 is 0 Å². The van der Waals surface area contributed by atoms with E-state index < -0.39 is 23.4 Å². The van der Waals surface area contributed by atoms with Gasteiger partial charge in [-0.15, -0.1) is 0 Å². The first-order valence-corrected chi connectivity index (χ1v) is 11.9. The third-order valence-corrected chi connectivity index (χ3v) is 6.28. The highest BCUT2D eigenvalue weighted by Crippen LogP contribution is 2.33. The Kier molecular flexibility index (Phi) is 7.94. The van der Waals surface area contributed by atoms with E-state index in [0.29, 0.717) is 16.8 Å². The van der Waals surface area contributed by atoms with E-state index in [9.17, 15) is 26.7 Å². The lowest BCUT2D eigenvalue weighted by Gasteiger charge is -2.23. The highest BCUT2D eigenvalue weighted by Gasteiger charge is 2.34. The number of fused-ring (bicyclic) bond motifs is 1. The van der Waals surface area contributed by atoms with Crippen molar-refractivity contribution in [2.75, 3.05) is 0 Å². The number of benzene rings is 1. The van der Waals surface area contributed by atoms with Gasteiger partial charge >= 0.3 is 6.18 Å². The largest absolute Gasteiger partial charge is 0.418 e. The molecule has 1 aliphatic carbocycles. The third kappa shape index (κ3) is 6.36. The van der Waals surface area contributed by atoms with Gasteiger partial charge in [-0.2, -0.15) is 13.2 Å². The van der Waals surface area contributed by atoms with E-state index in [2.05, 4.69) is 15.0 Å². The Morgan fingerprint density at radius 1 is 0.973 bits per heavy atom. The Balaban J connectivity index is 0.000000342. The van der Waals surface area contributed by atoms with Gasteiger partial charge in [0.2, 0.25) is 0 Å². The summed E-state index contributed by atoms with van der Waals surface area (Å²) in [4.78, 5) is 26.1. The second-order valence-electron chi connectivity index (χ2n) is 8.98. The lowest BCUT2D eigenvalue weighted by molar-refractivity contribution is -0.138. The molecule has 0 unspecified atom stereocenters. The summed E-state index contributed by atoms with van der Waals surface area (Å²) < 4.78 is 65.5. The minimum Gasteiger partial charge on any atom is -0.285 e. The van der Waals surface area contributed by atoms with Crippen molar-refractivity contribution in [1.29, 1.82) is 0 Å². The molecule has 0 bridgehead atoms. The second kappa shape index (κ2) is 11.1. The molecule has 194 valence electrons. The molecule has 1 fully saturated rings. The van der Waals surface area contributed by atoms with Gasteiger partial charge in [0.05, 0.1) is 23.5 Å². The van der Waals surface area contributed by atoms with Crippen molar-refractivity contribution in [3.63, 3.8) is 0 Å². The molecule has 0 spiro atoms. The molecule has 0 radical (unpaired) electrons. The van der Waals surface area contributed by atoms with Crippen LogP contribution in [-0.2, 0) is 12.7 Å². The van der Waals surface area contributed by atoms with E-state index in [1.807, 2.05) is 0 Å². The first kappa shape index (κ1) is 26.4. The van der Waals surface area contributed by atoms with Crippen molar-refractivity contribution in [1.82, 2.24) is 19.5 Å². The van der Waals surface area contributed by atoms with Crippen LogP contribution in [0.1, 0.15) is 60.5 Å². The van der Waals surface area contributed by atoms with Crippen LogP contribution in [-0.4, -0.2) is 19.5 Å². The fourth-order valence-corrected chi connectivity index (χ4v) is 4.52. The van der Waals surface area contributed by atoms with E-state index in [4.69, 9.17) is 0 Å². The zero-order valence-corrected chi connectivity index (χ0v) is 20.1. The van der Waals surface area contributed by atoms with Crippen LogP contribution in [0.5, 0.6) is 0 Å². The second-order valence-corrected chi connectivity index (χ2v) is 8.98. The molecule has 3 aromatic heterocycles. The maximum atomic E-state index is 13.4. The predicted octanol–water partition coefficient (Wildman–Crippen LogP) is 6.57. The SMILES string of the molecule is Cc1cnc2cc(C3CCCCC3)c(=O)n(Cc3ncccc3C(F)(F)F)c2n1.Fc1cccc(F)c1. The molecule has 0 aliphatic heterocycles. The molecule has 0 saturated heterocycles. The lowest BCUT2D eigenvalue weighted by atomic mass is 9.84. The molecule has 10 heteroatoms. The van der Waals surface area contributed by atoms with E-state index in [1.54, 1.807) is 19.2 Å². The summed E-state index contributed by atoms with van der Waals surface area (Å²) in [6.45, 7) is 1.43. The van der Waals surface area contributed by atoms with E-state index in [1.165, 1.54) is 35.0 Å². The maximum absolute atomic E-state index is 13.4. The van der Waals surface area contributed by atoms with Gasteiger partial charge in [0, 0.05) is 24.0 Å². The molecule has 3 heterocycles. The molecule has 5 rings (SSSR count). The molecule has 1 aliphatic rings. The van der Waals surface area contributed by atoms with Gasteiger partial charge in [0.25, 0.3) is 5.56 Å². The molecule has 5 nitrogen and oxygen atoms in total. The summed E-state index contributed by atoms with van der Waals surface area (Å²) in [6, 6.07) is 8.55. The third-order valence-electron chi connectivity index (χ3n) is 6.28. The number of nitrogens with zero attached hydrogens (tertiary/aromatic N) is 4. The van der Waals surface area contributed by atoms with Crippen molar-refractivity contribution >= 4 is 11.2 Å². The maximum Gasteiger partial charge on any atom is 0.418 e. The molecule has 1 saturated carbocycles. The van der Waals surface area contributed by atoms with Gasteiger partial charge in [-0.1, -0.05) is 25.3 Å². The molecule has 0 N–H and O–H groups in total. The van der Waals surface area contributed by atoms with Crippen LogP contribution in [0.15, 0.2) is 59.7 Å². The van der Waals surface area contributed by atoms with Crippen LogP contribution < -0.4 is 5.56 Å². The van der Waals surface area contributed by atoms with Gasteiger partial charge in [-0.05, 0) is 56.0 Å². The minimum absolute atomic E-state index is 0.0980. The average Bonchev–Trinajstić information content (AvgIpc) is 2.86. The van der Waals surface area contributed by atoms with Gasteiger partial charge in [0.15, 0.2) is 5.65 Å². The predicted molar refractivity (Wildman–Crippen MR) is 129 cm³/mol. The van der Waals surface area contributed by atoms with Crippen molar-refractivity contribution in [2.24, 2.45) is 0 Å². The molecule has 1 aromatic carbocycles. The molecular formula is C27H25F5N4O. The van der Waals surface area contributed by atoms with Crippen LogP contribution in [0.3, 0.4) is 0 Å². The molecule has 4 aromatic rings. The van der Waals surface area contributed by atoms with Crippen molar-refractivity contribution in [2.45, 2.75) is 57.7 Å². The summed E-state index contributed by atoms with van der Waals surface area (Å²) >= 11 is 0. The molecule has 0 amide bonds. The van der Waals surface area contributed by atoms with Crippen LogP contribution in [0.4, 0.5) is 22.0 Å². The van der Waals surface area contributed by atoms with Crippen LogP contribution in [0.2, 0.25) is 0 Å². The Morgan fingerprint density at radius 3 is 2.30 bits per heavy atom. The number of halogens is 5. The monoisotopic (exact) mass is 516 g/mol. The number of pyridine rings is 2. The number of rotatable bonds is 3. The highest BCUT2D eigenvalue weighted by atomic mass is 19.4. The minimum atomic E-state index is -4.55. The standard InChI is InChI=1S/C21H21F3N4O.C6H4F2/c1-13-11-26-17-10-15(14-6-3-2-4-7-14)20(29)28(19(17)27-13)12-18-16(21(22,23)24)8-5-9-25-18;7-5-2-1-3-6(8)4-5/h5,8-11,14H,2-4,6-7,12H2,1H3;1-4H. The zero-order valence-electron chi connectivity index (χ0n) is 20.1. The normalized spacial score (nSPS) is 14.3. The number of aryl methyl sites for hydroxylation is 1. The summed E-state index contributed by atoms with van der Waals surface area (Å²) in [7, 11) is 0. The Labute approximate surface area is 210 Å². The molecular weight excluding hydrogens is 491 g/mol.